The molecule has 7 heteroatoms. The fraction of sp³-hybridized carbons (Fsp3) is 0.471. The molecule has 24 heavy (non-hydrogen) atoms. The van der Waals surface area contributed by atoms with Gasteiger partial charge in [-0.3, -0.25) is 9.59 Å². The van der Waals surface area contributed by atoms with Gasteiger partial charge in [-0.15, -0.1) is 0 Å². The Kier molecular flexibility index (Phi) is 7.23. The summed E-state index contributed by atoms with van der Waals surface area (Å²) >= 11 is 0. The summed E-state index contributed by atoms with van der Waals surface area (Å²) in [5.74, 6) is -1.71. The quantitative estimate of drug-likeness (QED) is 0.800. The number of carboxylic acids is 1. The average Bonchev–Trinajstić information content (AvgIpc) is 2.55. The molecule has 1 aromatic rings. The van der Waals surface area contributed by atoms with Gasteiger partial charge in [-0.1, -0.05) is 13.0 Å². The summed E-state index contributed by atoms with van der Waals surface area (Å²) in [5.41, 5.74) is 0.992. The van der Waals surface area contributed by atoms with Crippen LogP contribution in [0.3, 0.4) is 0 Å². The molecule has 0 heterocycles. The number of nitrogens with zero attached hydrogens (tertiary/aromatic N) is 2. The van der Waals surface area contributed by atoms with Crippen LogP contribution in [0.2, 0.25) is 0 Å². The van der Waals surface area contributed by atoms with Crippen molar-refractivity contribution < 1.29 is 19.5 Å². The molecule has 1 unspecified atom stereocenters. The Morgan fingerprint density at radius 1 is 1.21 bits per heavy atom. The highest BCUT2D eigenvalue weighted by atomic mass is 16.4. The van der Waals surface area contributed by atoms with Crippen LogP contribution in [0.25, 0.3) is 0 Å². The second kappa shape index (κ2) is 8.90. The van der Waals surface area contributed by atoms with Crippen molar-refractivity contribution in [2.45, 2.75) is 20.8 Å². The van der Waals surface area contributed by atoms with Gasteiger partial charge in [0.25, 0.3) is 5.91 Å². The van der Waals surface area contributed by atoms with Crippen LogP contribution in [0, 0.1) is 5.92 Å². The highest BCUT2D eigenvalue weighted by Crippen LogP contribution is 2.14. The number of amides is 3. The van der Waals surface area contributed by atoms with Gasteiger partial charge in [0.1, 0.15) is 0 Å². The molecule has 0 saturated heterocycles. The van der Waals surface area contributed by atoms with Gasteiger partial charge >= 0.3 is 12.0 Å². The van der Waals surface area contributed by atoms with Crippen molar-refractivity contribution in [1.82, 2.24) is 9.80 Å². The third kappa shape index (κ3) is 5.26. The van der Waals surface area contributed by atoms with Crippen molar-refractivity contribution >= 4 is 23.6 Å². The minimum Gasteiger partial charge on any atom is -0.481 e. The molecule has 0 saturated carbocycles. The predicted molar refractivity (Wildman–Crippen MR) is 92.1 cm³/mol. The Labute approximate surface area is 142 Å². The summed E-state index contributed by atoms with van der Waals surface area (Å²) in [6.07, 6.45) is 0. The zero-order valence-corrected chi connectivity index (χ0v) is 14.6. The normalized spacial score (nSPS) is 11.5. The number of carbonyl (C=O) groups excluding carboxylic acids is 2. The molecule has 0 aliphatic carbocycles. The van der Waals surface area contributed by atoms with Gasteiger partial charge in [0.2, 0.25) is 0 Å². The Balaban J connectivity index is 2.78. The van der Waals surface area contributed by atoms with Crippen molar-refractivity contribution in [3.8, 4) is 0 Å². The fourth-order valence-electron chi connectivity index (χ4n) is 2.21. The first kappa shape index (κ1) is 19.5. The standard InChI is InChI=1S/C17H25N3O4/c1-5-20(6-2)15(21)13-8-7-9-14(10-13)18-17(24)19(4)11-12(3)16(22)23/h7-10,12H,5-6,11H2,1-4H3,(H,18,24)(H,22,23). The van der Waals surface area contributed by atoms with E-state index in [1.807, 2.05) is 13.8 Å². The maximum atomic E-state index is 12.3. The zero-order valence-electron chi connectivity index (χ0n) is 14.6. The Morgan fingerprint density at radius 2 is 1.83 bits per heavy atom. The maximum Gasteiger partial charge on any atom is 0.321 e. The van der Waals surface area contributed by atoms with Crippen LogP contribution in [0.5, 0.6) is 0 Å². The molecule has 7 nitrogen and oxygen atoms in total. The summed E-state index contributed by atoms with van der Waals surface area (Å²) < 4.78 is 0. The topological polar surface area (TPSA) is 90.0 Å². The van der Waals surface area contributed by atoms with Gasteiger partial charge in [0.05, 0.1) is 5.92 Å². The first-order valence-electron chi connectivity index (χ1n) is 7.94. The lowest BCUT2D eigenvalue weighted by atomic mass is 10.1. The molecular formula is C17H25N3O4. The van der Waals surface area contributed by atoms with Gasteiger partial charge in [-0.25, -0.2) is 4.79 Å². The third-order valence-electron chi connectivity index (χ3n) is 3.73. The summed E-state index contributed by atoms with van der Waals surface area (Å²) in [6.45, 7) is 6.68. The number of carboxylic acid groups (broad SMARTS) is 1. The minimum absolute atomic E-state index is 0.0936. The second-order valence-electron chi connectivity index (χ2n) is 5.61. The largest absolute Gasteiger partial charge is 0.481 e. The highest BCUT2D eigenvalue weighted by molar-refractivity contribution is 5.96. The highest BCUT2D eigenvalue weighted by Gasteiger charge is 2.18. The minimum atomic E-state index is -0.957. The molecule has 0 fully saturated rings. The average molecular weight is 335 g/mol. The second-order valence-corrected chi connectivity index (χ2v) is 5.61. The lowest BCUT2D eigenvalue weighted by Crippen LogP contribution is -2.36. The monoisotopic (exact) mass is 335 g/mol. The maximum absolute atomic E-state index is 12.3. The van der Waals surface area contributed by atoms with E-state index in [1.54, 1.807) is 29.2 Å². The van der Waals surface area contributed by atoms with E-state index in [1.165, 1.54) is 18.9 Å². The zero-order chi connectivity index (χ0) is 18.3. The van der Waals surface area contributed by atoms with E-state index in [2.05, 4.69) is 5.32 Å². The van der Waals surface area contributed by atoms with Crippen molar-refractivity contribution in [2.75, 3.05) is 32.0 Å². The van der Waals surface area contributed by atoms with Gasteiger partial charge in [0, 0.05) is 37.9 Å². The summed E-state index contributed by atoms with van der Waals surface area (Å²) in [6, 6.07) is 6.28. The van der Waals surface area contributed by atoms with Crippen LogP contribution in [-0.4, -0.2) is 59.5 Å². The number of rotatable bonds is 7. The van der Waals surface area contributed by atoms with Crippen molar-refractivity contribution in [1.29, 1.82) is 0 Å². The SMILES string of the molecule is CCN(CC)C(=O)c1cccc(NC(=O)N(C)CC(C)C(=O)O)c1. The molecule has 2 N–H and O–H groups in total. The van der Waals surface area contributed by atoms with E-state index >= 15 is 0 Å². The lowest BCUT2D eigenvalue weighted by Gasteiger charge is -2.21. The first-order valence-corrected chi connectivity index (χ1v) is 7.94. The number of aliphatic carboxylic acids is 1. The molecule has 0 aliphatic heterocycles. The molecule has 0 radical (unpaired) electrons. The lowest BCUT2D eigenvalue weighted by molar-refractivity contribution is -0.141. The summed E-state index contributed by atoms with van der Waals surface area (Å²) in [5, 5.41) is 11.6. The van der Waals surface area contributed by atoms with Gasteiger partial charge in [-0.2, -0.15) is 0 Å². The van der Waals surface area contributed by atoms with Crippen LogP contribution < -0.4 is 5.32 Å². The first-order chi connectivity index (χ1) is 11.3. The van der Waals surface area contributed by atoms with Crippen LogP contribution in [0.4, 0.5) is 10.5 Å². The van der Waals surface area contributed by atoms with Crippen LogP contribution in [0.15, 0.2) is 24.3 Å². The molecule has 0 spiro atoms. The van der Waals surface area contributed by atoms with Crippen molar-refractivity contribution in [3.63, 3.8) is 0 Å². The molecule has 132 valence electrons. The molecule has 0 aliphatic rings. The molecular weight excluding hydrogens is 310 g/mol. The molecule has 0 aromatic heterocycles. The van der Waals surface area contributed by atoms with E-state index in [-0.39, 0.29) is 12.5 Å². The number of hydrogen-bond acceptors (Lipinski definition) is 3. The van der Waals surface area contributed by atoms with Gasteiger partial charge in [-0.05, 0) is 32.0 Å². The van der Waals surface area contributed by atoms with Crippen LogP contribution in [-0.2, 0) is 4.79 Å². The van der Waals surface area contributed by atoms with Crippen molar-refractivity contribution in [2.24, 2.45) is 5.92 Å². The third-order valence-corrected chi connectivity index (χ3v) is 3.73. The van der Waals surface area contributed by atoms with Crippen LogP contribution in [0.1, 0.15) is 31.1 Å². The number of nitrogens with one attached hydrogen (secondary N) is 1. The van der Waals surface area contributed by atoms with E-state index < -0.39 is 17.9 Å². The van der Waals surface area contributed by atoms with Crippen LogP contribution >= 0.6 is 0 Å². The van der Waals surface area contributed by atoms with E-state index in [0.29, 0.717) is 24.3 Å². The van der Waals surface area contributed by atoms with E-state index in [9.17, 15) is 14.4 Å². The van der Waals surface area contributed by atoms with Gasteiger partial charge in [0.15, 0.2) is 0 Å². The number of benzene rings is 1. The van der Waals surface area contributed by atoms with Gasteiger partial charge < -0.3 is 20.2 Å². The predicted octanol–water partition coefficient (Wildman–Crippen LogP) is 2.35. The molecule has 1 rings (SSSR count). The summed E-state index contributed by atoms with van der Waals surface area (Å²) in [7, 11) is 1.53. The molecule has 3 amide bonds. The van der Waals surface area contributed by atoms with E-state index in [0.717, 1.165) is 0 Å². The summed E-state index contributed by atoms with van der Waals surface area (Å²) in [4.78, 5) is 38.3. The molecule has 1 atom stereocenters. The fourth-order valence-corrected chi connectivity index (χ4v) is 2.21. The van der Waals surface area contributed by atoms with E-state index in [4.69, 9.17) is 5.11 Å². The Bertz CT molecular complexity index is 599. The number of anilines is 1. The number of hydrogen-bond donors (Lipinski definition) is 2. The Morgan fingerprint density at radius 3 is 2.38 bits per heavy atom. The Hall–Kier alpha value is -2.57. The number of carbonyl (C=O) groups is 3. The van der Waals surface area contributed by atoms with Crippen molar-refractivity contribution in [3.05, 3.63) is 29.8 Å². The number of urea groups is 1. The smallest absolute Gasteiger partial charge is 0.321 e. The molecule has 1 aromatic carbocycles. The molecule has 0 bridgehead atoms.